The van der Waals surface area contributed by atoms with Crippen LogP contribution in [-0.2, 0) is 6.42 Å². The zero-order valence-corrected chi connectivity index (χ0v) is 9.40. The number of furan rings is 1. The lowest BCUT2D eigenvalue weighted by Gasteiger charge is -2.20. The van der Waals surface area contributed by atoms with Crippen LogP contribution < -0.4 is 5.32 Å². The molecule has 1 aliphatic rings. The highest BCUT2D eigenvalue weighted by Gasteiger charge is 2.18. The second-order valence-corrected chi connectivity index (χ2v) is 4.20. The molecule has 86 valence electrons. The fourth-order valence-electron chi connectivity index (χ4n) is 2.27. The summed E-state index contributed by atoms with van der Waals surface area (Å²) in [5.41, 5.74) is 3.62. The summed E-state index contributed by atoms with van der Waals surface area (Å²) in [4.78, 5) is 12.3. The smallest absolute Gasteiger partial charge is 0.196 e. The Morgan fingerprint density at radius 3 is 3.06 bits per heavy atom. The van der Waals surface area contributed by atoms with Crippen molar-refractivity contribution in [3.63, 3.8) is 0 Å². The summed E-state index contributed by atoms with van der Waals surface area (Å²) in [5.74, 6) is 0.0410. The molecule has 0 spiro atoms. The molecule has 2 heterocycles. The third-order valence-electron chi connectivity index (χ3n) is 3.12. The standard InChI is InChI=1S/C14H13NO2/c16-14(10-6-8-17-9-10)12-3-1-5-13-11(12)4-2-7-15-13/h1,3,5-6,8-9,15H,2,4,7H2. The minimum Gasteiger partial charge on any atom is -0.472 e. The minimum atomic E-state index is 0.0410. The molecule has 1 aromatic carbocycles. The van der Waals surface area contributed by atoms with Crippen LogP contribution in [-0.4, -0.2) is 12.3 Å². The number of anilines is 1. The van der Waals surface area contributed by atoms with Crippen LogP contribution in [0.1, 0.15) is 27.9 Å². The van der Waals surface area contributed by atoms with Gasteiger partial charge in [-0.2, -0.15) is 0 Å². The maximum absolute atomic E-state index is 12.3. The second-order valence-electron chi connectivity index (χ2n) is 4.20. The van der Waals surface area contributed by atoms with Crippen LogP contribution in [0.25, 0.3) is 0 Å². The van der Waals surface area contributed by atoms with Gasteiger partial charge in [-0.05, 0) is 30.5 Å². The number of fused-ring (bicyclic) bond motifs is 1. The summed E-state index contributed by atoms with van der Waals surface area (Å²) in [6.45, 7) is 0.982. The maximum atomic E-state index is 12.3. The molecule has 0 unspecified atom stereocenters. The largest absolute Gasteiger partial charge is 0.472 e. The molecule has 1 aromatic heterocycles. The van der Waals surface area contributed by atoms with E-state index in [0.717, 1.165) is 36.2 Å². The number of carbonyl (C=O) groups is 1. The van der Waals surface area contributed by atoms with Crippen LogP contribution in [0.4, 0.5) is 5.69 Å². The molecule has 0 radical (unpaired) electrons. The first-order valence-corrected chi connectivity index (χ1v) is 5.79. The van der Waals surface area contributed by atoms with Gasteiger partial charge >= 0.3 is 0 Å². The molecule has 2 aromatic rings. The quantitative estimate of drug-likeness (QED) is 0.802. The van der Waals surface area contributed by atoms with E-state index < -0.39 is 0 Å². The van der Waals surface area contributed by atoms with E-state index in [1.165, 1.54) is 12.5 Å². The topological polar surface area (TPSA) is 42.2 Å². The van der Waals surface area contributed by atoms with Crippen molar-refractivity contribution in [1.82, 2.24) is 0 Å². The van der Waals surface area contributed by atoms with Gasteiger partial charge in [-0.3, -0.25) is 4.79 Å². The third-order valence-corrected chi connectivity index (χ3v) is 3.12. The predicted octanol–water partition coefficient (Wildman–Crippen LogP) is 2.87. The zero-order valence-electron chi connectivity index (χ0n) is 9.40. The van der Waals surface area contributed by atoms with Crippen molar-refractivity contribution < 1.29 is 9.21 Å². The van der Waals surface area contributed by atoms with Gasteiger partial charge in [-0.1, -0.05) is 12.1 Å². The molecule has 3 nitrogen and oxygen atoms in total. The highest BCUT2D eigenvalue weighted by molar-refractivity contribution is 6.10. The molecule has 0 aliphatic carbocycles. The summed E-state index contributed by atoms with van der Waals surface area (Å²) < 4.78 is 4.96. The molecule has 0 atom stereocenters. The van der Waals surface area contributed by atoms with Crippen molar-refractivity contribution in [3.8, 4) is 0 Å². The van der Waals surface area contributed by atoms with Crippen LogP contribution in [0.3, 0.4) is 0 Å². The van der Waals surface area contributed by atoms with E-state index in [1.807, 2.05) is 18.2 Å². The summed E-state index contributed by atoms with van der Waals surface area (Å²) in [6.07, 6.45) is 5.06. The Morgan fingerprint density at radius 2 is 2.24 bits per heavy atom. The number of benzene rings is 1. The molecule has 17 heavy (non-hydrogen) atoms. The molecular formula is C14H13NO2. The Kier molecular flexibility index (Phi) is 2.44. The average molecular weight is 227 g/mol. The van der Waals surface area contributed by atoms with Crippen molar-refractivity contribution in [2.45, 2.75) is 12.8 Å². The first kappa shape index (κ1) is 10.1. The number of nitrogens with one attached hydrogen (secondary N) is 1. The van der Waals surface area contributed by atoms with E-state index >= 15 is 0 Å². The van der Waals surface area contributed by atoms with Gasteiger partial charge in [0.05, 0.1) is 11.8 Å². The summed E-state index contributed by atoms with van der Waals surface area (Å²) in [6, 6.07) is 7.55. The fraction of sp³-hybridized carbons (Fsp3) is 0.214. The maximum Gasteiger partial charge on any atom is 0.196 e. The van der Waals surface area contributed by atoms with Crippen molar-refractivity contribution in [2.24, 2.45) is 0 Å². The van der Waals surface area contributed by atoms with Crippen molar-refractivity contribution >= 4 is 11.5 Å². The van der Waals surface area contributed by atoms with Gasteiger partial charge in [0, 0.05) is 17.8 Å². The molecule has 1 aliphatic heterocycles. The molecule has 1 N–H and O–H groups in total. The lowest BCUT2D eigenvalue weighted by Crippen LogP contribution is -2.15. The van der Waals surface area contributed by atoms with Crippen LogP contribution in [0.15, 0.2) is 41.2 Å². The minimum absolute atomic E-state index is 0.0410. The van der Waals surface area contributed by atoms with Crippen LogP contribution in [0, 0.1) is 0 Å². The van der Waals surface area contributed by atoms with Gasteiger partial charge in [0.1, 0.15) is 6.26 Å². The number of rotatable bonds is 2. The van der Waals surface area contributed by atoms with Crippen molar-refractivity contribution in [1.29, 1.82) is 0 Å². The third kappa shape index (κ3) is 1.73. The van der Waals surface area contributed by atoms with Gasteiger partial charge in [0.15, 0.2) is 5.78 Å². The van der Waals surface area contributed by atoms with E-state index in [4.69, 9.17) is 4.42 Å². The summed E-state index contributed by atoms with van der Waals surface area (Å²) >= 11 is 0. The van der Waals surface area contributed by atoms with E-state index in [1.54, 1.807) is 6.07 Å². The summed E-state index contributed by atoms with van der Waals surface area (Å²) in [5, 5.41) is 3.33. The Bertz CT molecular complexity index is 543. The second kappa shape index (κ2) is 4.09. The Balaban J connectivity index is 2.06. The number of carbonyl (C=O) groups excluding carboxylic acids is 1. The number of hydrogen-bond acceptors (Lipinski definition) is 3. The van der Waals surface area contributed by atoms with Crippen LogP contribution >= 0.6 is 0 Å². The number of ketones is 1. The molecule has 0 bridgehead atoms. The monoisotopic (exact) mass is 227 g/mol. The first-order chi connectivity index (χ1) is 8.36. The van der Waals surface area contributed by atoms with Crippen LogP contribution in [0.5, 0.6) is 0 Å². The van der Waals surface area contributed by atoms with Gasteiger partial charge in [0.2, 0.25) is 0 Å². The van der Waals surface area contributed by atoms with Crippen molar-refractivity contribution in [3.05, 3.63) is 53.5 Å². The van der Waals surface area contributed by atoms with Crippen molar-refractivity contribution in [2.75, 3.05) is 11.9 Å². The molecule has 3 rings (SSSR count). The number of hydrogen-bond donors (Lipinski definition) is 1. The first-order valence-electron chi connectivity index (χ1n) is 5.79. The highest BCUT2D eigenvalue weighted by Crippen LogP contribution is 2.27. The van der Waals surface area contributed by atoms with E-state index in [2.05, 4.69) is 5.32 Å². The van der Waals surface area contributed by atoms with E-state index in [0.29, 0.717) is 5.56 Å². The normalized spacial score (nSPS) is 13.9. The fourth-order valence-corrected chi connectivity index (χ4v) is 2.27. The lowest BCUT2D eigenvalue weighted by molar-refractivity contribution is 0.103. The Labute approximate surface area is 99.4 Å². The Hall–Kier alpha value is -2.03. The molecular weight excluding hydrogens is 214 g/mol. The zero-order chi connectivity index (χ0) is 11.7. The SMILES string of the molecule is O=C(c1ccoc1)c1cccc2c1CCCN2. The van der Waals surface area contributed by atoms with E-state index in [-0.39, 0.29) is 5.78 Å². The summed E-state index contributed by atoms with van der Waals surface area (Å²) in [7, 11) is 0. The van der Waals surface area contributed by atoms with Gasteiger partial charge < -0.3 is 9.73 Å². The molecule has 0 amide bonds. The predicted molar refractivity (Wildman–Crippen MR) is 65.4 cm³/mol. The van der Waals surface area contributed by atoms with Gasteiger partial charge in [-0.15, -0.1) is 0 Å². The molecule has 3 heteroatoms. The molecule has 0 fully saturated rings. The van der Waals surface area contributed by atoms with Gasteiger partial charge in [-0.25, -0.2) is 0 Å². The van der Waals surface area contributed by atoms with Gasteiger partial charge in [0.25, 0.3) is 0 Å². The highest BCUT2D eigenvalue weighted by atomic mass is 16.3. The average Bonchev–Trinajstić information content (AvgIpc) is 2.91. The van der Waals surface area contributed by atoms with Crippen LogP contribution in [0.2, 0.25) is 0 Å². The molecule has 0 saturated carbocycles. The molecule has 0 saturated heterocycles. The Morgan fingerprint density at radius 1 is 1.29 bits per heavy atom. The van der Waals surface area contributed by atoms with E-state index in [9.17, 15) is 4.79 Å². The lowest BCUT2D eigenvalue weighted by atomic mass is 9.93.